The molecule has 0 radical (unpaired) electrons. The third-order valence-electron chi connectivity index (χ3n) is 10.3. The number of piperidine rings is 1. The number of nitrogens with one attached hydrogen (secondary N) is 1. The lowest BCUT2D eigenvalue weighted by Gasteiger charge is -2.31. The normalized spacial score (nSPS) is 23.1. The van der Waals surface area contributed by atoms with Crippen molar-refractivity contribution in [1.29, 1.82) is 0 Å². The van der Waals surface area contributed by atoms with E-state index in [0.29, 0.717) is 17.8 Å². The summed E-state index contributed by atoms with van der Waals surface area (Å²) in [5.74, 6) is 3.38. The van der Waals surface area contributed by atoms with Crippen LogP contribution in [0.4, 0.5) is 11.5 Å². The second-order valence-corrected chi connectivity index (χ2v) is 13.5. The van der Waals surface area contributed by atoms with E-state index in [9.17, 15) is 4.79 Å². The van der Waals surface area contributed by atoms with Crippen molar-refractivity contribution in [3.63, 3.8) is 0 Å². The molecule has 3 aromatic heterocycles. The van der Waals surface area contributed by atoms with Gasteiger partial charge in [0.05, 0.1) is 30.9 Å². The monoisotopic (exact) mass is 634 g/mol. The standard InChI is InChI=1S/C36H42N8O3/c1-24-16-28(5-8-33(24)47-29-6-7-32-31(17-29)38-23-41(32)2)40-36-35-30(11-15-44(35)39-22-37-36)25-9-13-43(14-10-25)34(45)4-3-12-42-18-26-20-46-21-27(26)19-42/h3-8,11,15-16,22-23,25-27,29H,9-10,12-14,17-21H2,1-2H3,(H,37,39,40)/b4-3+. The summed E-state index contributed by atoms with van der Waals surface area (Å²) in [6.45, 7) is 8.30. The molecule has 1 N–H and O–H groups in total. The van der Waals surface area contributed by atoms with Gasteiger partial charge in [0.15, 0.2) is 5.82 Å². The van der Waals surface area contributed by atoms with Crippen LogP contribution in [0, 0.1) is 18.8 Å². The molecule has 47 heavy (non-hydrogen) atoms. The quantitative estimate of drug-likeness (QED) is 0.285. The number of aromatic nitrogens is 5. The van der Waals surface area contributed by atoms with Crippen LogP contribution in [0.2, 0.25) is 0 Å². The van der Waals surface area contributed by atoms with Gasteiger partial charge in [0, 0.05) is 76.0 Å². The highest BCUT2D eigenvalue weighted by Crippen LogP contribution is 2.35. The number of imidazole rings is 1. The van der Waals surface area contributed by atoms with Crippen molar-refractivity contribution in [3.8, 4) is 5.75 Å². The summed E-state index contributed by atoms with van der Waals surface area (Å²) in [5.41, 5.74) is 6.38. The van der Waals surface area contributed by atoms with Gasteiger partial charge < -0.3 is 24.3 Å². The number of hydrogen-bond acceptors (Lipinski definition) is 8. The van der Waals surface area contributed by atoms with Gasteiger partial charge in [-0.2, -0.15) is 5.10 Å². The number of rotatable bonds is 8. The fourth-order valence-electron chi connectivity index (χ4n) is 7.71. The molecule has 3 atom stereocenters. The van der Waals surface area contributed by atoms with Crippen molar-refractivity contribution < 1.29 is 14.3 Å². The Morgan fingerprint density at radius 2 is 1.96 bits per heavy atom. The molecule has 3 unspecified atom stereocenters. The van der Waals surface area contributed by atoms with Crippen LogP contribution in [0.15, 0.2) is 61.3 Å². The van der Waals surface area contributed by atoms with Crippen molar-refractivity contribution in [2.45, 2.75) is 38.2 Å². The zero-order chi connectivity index (χ0) is 31.9. The van der Waals surface area contributed by atoms with Gasteiger partial charge in [0.25, 0.3) is 0 Å². The maximum atomic E-state index is 13.0. The molecule has 11 nitrogen and oxygen atoms in total. The van der Waals surface area contributed by atoms with E-state index < -0.39 is 0 Å². The first-order chi connectivity index (χ1) is 23.0. The zero-order valence-electron chi connectivity index (χ0n) is 27.1. The van der Waals surface area contributed by atoms with Gasteiger partial charge in [0.2, 0.25) is 5.91 Å². The minimum atomic E-state index is -0.0528. The minimum Gasteiger partial charge on any atom is -0.486 e. The minimum absolute atomic E-state index is 0.0528. The van der Waals surface area contributed by atoms with Crippen LogP contribution in [0.25, 0.3) is 11.6 Å². The molecule has 11 heteroatoms. The number of likely N-dealkylation sites (tertiary alicyclic amines) is 2. The molecule has 1 aromatic carbocycles. The highest BCUT2D eigenvalue weighted by molar-refractivity contribution is 5.87. The summed E-state index contributed by atoms with van der Waals surface area (Å²) >= 11 is 0. The first-order valence-corrected chi connectivity index (χ1v) is 16.8. The predicted molar refractivity (Wildman–Crippen MR) is 180 cm³/mol. The van der Waals surface area contributed by atoms with E-state index in [2.05, 4.69) is 56.5 Å². The van der Waals surface area contributed by atoms with Crippen molar-refractivity contribution in [1.82, 2.24) is 33.9 Å². The molecular formula is C36H42N8O3. The number of aryl methyl sites for hydroxylation is 2. The summed E-state index contributed by atoms with van der Waals surface area (Å²) in [5, 5.41) is 8.04. The number of carbonyl (C=O) groups is 1. The topological polar surface area (TPSA) is 102 Å². The molecule has 4 aliphatic rings. The van der Waals surface area contributed by atoms with E-state index in [4.69, 9.17) is 9.47 Å². The maximum Gasteiger partial charge on any atom is 0.246 e. The van der Waals surface area contributed by atoms with E-state index in [1.54, 1.807) is 12.4 Å². The molecule has 3 aliphatic heterocycles. The number of ether oxygens (including phenoxy) is 2. The molecule has 6 heterocycles. The molecule has 0 saturated carbocycles. The van der Waals surface area contributed by atoms with Crippen molar-refractivity contribution >= 4 is 29.0 Å². The Labute approximate surface area is 274 Å². The third-order valence-corrected chi connectivity index (χ3v) is 10.3. The first-order valence-electron chi connectivity index (χ1n) is 16.8. The van der Waals surface area contributed by atoms with Crippen LogP contribution in [-0.2, 0) is 23.0 Å². The average molecular weight is 635 g/mol. The lowest BCUT2D eigenvalue weighted by molar-refractivity contribution is -0.127. The van der Waals surface area contributed by atoms with Crippen LogP contribution < -0.4 is 10.1 Å². The van der Waals surface area contributed by atoms with Crippen LogP contribution in [0.1, 0.15) is 41.3 Å². The predicted octanol–water partition coefficient (Wildman–Crippen LogP) is 4.37. The van der Waals surface area contributed by atoms with Gasteiger partial charge in [-0.1, -0.05) is 6.08 Å². The Morgan fingerprint density at radius 1 is 1.13 bits per heavy atom. The molecular weight excluding hydrogens is 592 g/mol. The summed E-state index contributed by atoms with van der Waals surface area (Å²) in [6, 6.07) is 8.30. The lowest BCUT2D eigenvalue weighted by atomic mass is 9.90. The molecule has 244 valence electrons. The SMILES string of the molecule is Cc1cc(Nc2ncnn3ccc(C4CCN(C(=O)/C=C/CN5CC6COCC6C5)CC4)c23)ccc1OC1C=Cc2c(ncn2C)C1. The molecule has 4 aromatic rings. The number of hydrogen-bond donors (Lipinski definition) is 1. The number of carbonyl (C=O) groups excluding carboxylic acids is 1. The molecule has 1 aliphatic carbocycles. The Balaban J connectivity index is 0.893. The second-order valence-electron chi connectivity index (χ2n) is 13.5. The van der Waals surface area contributed by atoms with E-state index in [0.717, 1.165) is 105 Å². The number of benzene rings is 1. The number of anilines is 2. The van der Waals surface area contributed by atoms with E-state index in [-0.39, 0.29) is 12.0 Å². The first kappa shape index (κ1) is 29.9. The van der Waals surface area contributed by atoms with E-state index in [1.165, 1.54) is 5.56 Å². The number of nitrogens with zero attached hydrogens (tertiary/aromatic N) is 7. The third kappa shape index (κ3) is 6.05. The number of amides is 1. The molecule has 0 bridgehead atoms. The summed E-state index contributed by atoms with van der Waals surface area (Å²) in [4.78, 5) is 26.6. The van der Waals surface area contributed by atoms with Crippen molar-refractivity contribution in [2.24, 2.45) is 18.9 Å². The molecule has 3 fully saturated rings. The maximum absolute atomic E-state index is 13.0. The van der Waals surface area contributed by atoms with Crippen molar-refractivity contribution in [3.05, 3.63) is 83.9 Å². The summed E-state index contributed by atoms with van der Waals surface area (Å²) in [6.07, 6.45) is 16.0. The van der Waals surface area contributed by atoms with Crippen LogP contribution in [-0.4, -0.2) is 91.9 Å². The summed E-state index contributed by atoms with van der Waals surface area (Å²) in [7, 11) is 2.01. The van der Waals surface area contributed by atoms with Crippen LogP contribution in [0.3, 0.4) is 0 Å². The fraction of sp³-hybridized carbons (Fsp3) is 0.444. The van der Waals surface area contributed by atoms with Gasteiger partial charge in [-0.3, -0.25) is 9.69 Å². The van der Waals surface area contributed by atoms with E-state index in [1.807, 2.05) is 51.8 Å². The van der Waals surface area contributed by atoms with Gasteiger partial charge in [-0.05, 0) is 73.2 Å². The fourth-order valence-corrected chi connectivity index (χ4v) is 7.71. The molecule has 3 saturated heterocycles. The Kier molecular flexibility index (Phi) is 8.02. The zero-order valence-corrected chi connectivity index (χ0v) is 27.1. The Morgan fingerprint density at radius 3 is 2.77 bits per heavy atom. The van der Waals surface area contributed by atoms with Gasteiger partial charge in [-0.25, -0.2) is 14.5 Å². The molecule has 8 rings (SSSR count). The second kappa shape index (κ2) is 12.6. The van der Waals surface area contributed by atoms with Gasteiger partial charge in [-0.15, -0.1) is 0 Å². The highest BCUT2D eigenvalue weighted by Gasteiger charge is 2.36. The summed E-state index contributed by atoms with van der Waals surface area (Å²) < 4.78 is 15.9. The largest absolute Gasteiger partial charge is 0.486 e. The number of fused-ring (bicyclic) bond motifs is 3. The van der Waals surface area contributed by atoms with Crippen molar-refractivity contribution in [2.75, 3.05) is 51.3 Å². The molecule has 0 spiro atoms. The Hall–Kier alpha value is -4.48. The van der Waals surface area contributed by atoms with Crippen LogP contribution >= 0.6 is 0 Å². The smallest absolute Gasteiger partial charge is 0.246 e. The van der Waals surface area contributed by atoms with E-state index >= 15 is 0 Å². The van der Waals surface area contributed by atoms with Gasteiger partial charge in [0.1, 0.15) is 23.7 Å². The van der Waals surface area contributed by atoms with Crippen LogP contribution in [0.5, 0.6) is 5.75 Å². The molecule has 1 amide bonds. The average Bonchev–Trinajstić information content (AvgIpc) is 3.87. The highest BCUT2D eigenvalue weighted by atomic mass is 16.5. The van der Waals surface area contributed by atoms with Gasteiger partial charge >= 0.3 is 0 Å². The lowest BCUT2D eigenvalue weighted by Crippen LogP contribution is -2.37. The Bertz CT molecular complexity index is 1820.